The van der Waals surface area contributed by atoms with Crippen LogP contribution in [-0.2, 0) is 0 Å². The Morgan fingerprint density at radius 2 is 1.64 bits per heavy atom. The van der Waals surface area contributed by atoms with Crippen LogP contribution in [0.25, 0.3) is 22.1 Å². The first-order valence-electron chi connectivity index (χ1n) is 6.01. The van der Waals surface area contributed by atoms with Crippen molar-refractivity contribution in [1.29, 1.82) is 0 Å². The fraction of sp³-hybridized carbons (Fsp3) is 0. The molecule has 3 rings (SSSR count). The molecular formula is C15H7Br3O4. The second kappa shape index (κ2) is 5.72. The standard InChI is InChI=1S/C15H7Br3O4/c16-9-3-6(4-10(17)14(9)21)8-5-22-15-7(13(8)20)1-2-11(19)12(15)18/h1-5,19,21H. The number of halogens is 3. The summed E-state index contributed by atoms with van der Waals surface area (Å²) >= 11 is 9.67. The van der Waals surface area contributed by atoms with Crippen LogP contribution in [0.3, 0.4) is 0 Å². The SMILES string of the molecule is O=c1c(-c2cc(Br)c(O)c(Br)c2)coc2c(Br)c(O)ccc12. The molecule has 2 aromatic carbocycles. The van der Waals surface area contributed by atoms with Gasteiger partial charge in [0.1, 0.15) is 22.2 Å². The van der Waals surface area contributed by atoms with Crippen molar-refractivity contribution in [3.05, 3.63) is 54.2 Å². The van der Waals surface area contributed by atoms with Crippen molar-refractivity contribution in [3.8, 4) is 22.6 Å². The van der Waals surface area contributed by atoms with Gasteiger partial charge in [-0.3, -0.25) is 4.79 Å². The van der Waals surface area contributed by atoms with Crippen molar-refractivity contribution in [1.82, 2.24) is 0 Å². The Hall–Kier alpha value is -1.31. The Morgan fingerprint density at radius 1 is 1.00 bits per heavy atom. The van der Waals surface area contributed by atoms with Crippen LogP contribution in [0, 0.1) is 0 Å². The maximum atomic E-state index is 12.6. The van der Waals surface area contributed by atoms with E-state index in [9.17, 15) is 15.0 Å². The quantitative estimate of drug-likeness (QED) is 0.494. The molecule has 112 valence electrons. The highest BCUT2D eigenvalue weighted by Crippen LogP contribution is 2.37. The van der Waals surface area contributed by atoms with Crippen LogP contribution in [0.2, 0.25) is 0 Å². The van der Waals surface area contributed by atoms with Gasteiger partial charge in [-0.2, -0.15) is 0 Å². The zero-order valence-electron chi connectivity index (χ0n) is 10.7. The van der Waals surface area contributed by atoms with Crippen molar-refractivity contribution in [2.24, 2.45) is 0 Å². The minimum absolute atomic E-state index is 0.00137. The summed E-state index contributed by atoms with van der Waals surface area (Å²) < 4.78 is 6.76. The maximum absolute atomic E-state index is 12.6. The van der Waals surface area contributed by atoms with E-state index in [2.05, 4.69) is 47.8 Å². The number of hydrogen-bond donors (Lipinski definition) is 2. The van der Waals surface area contributed by atoms with Gasteiger partial charge in [0.25, 0.3) is 0 Å². The first-order valence-corrected chi connectivity index (χ1v) is 8.39. The largest absolute Gasteiger partial charge is 0.507 e. The summed E-state index contributed by atoms with van der Waals surface area (Å²) in [5.41, 5.74) is 1.000. The van der Waals surface area contributed by atoms with Crippen molar-refractivity contribution in [2.45, 2.75) is 0 Å². The Morgan fingerprint density at radius 3 is 2.27 bits per heavy atom. The third-order valence-electron chi connectivity index (χ3n) is 3.19. The van der Waals surface area contributed by atoms with E-state index >= 15 is 0 Å². The predicted octanol–water partition coefficient (Wildman–Crippen LogP) is 5.16. The molecule has 0 aliphatic rings. The van der Waals surface area contributed by atoms with Crippen LogP contribution in [0.5, 0.6) is 11.5 Å². The zero-order valence-corrected chi connectivity index (χ0v) is 15.5. The third-order valence-corrected chi connectivity index (χ3v) is 5.16. The Labute approximate surface area is 149 Å². The number of phenols is 2. The van der Waals surface area contributed by atoms with Crippen molar-refractivity contribution >= 4 is 58.8 Å². The van der Waals surface area contributed by atoms with Gasteiger partial charge < -0.3 is 14.6 Å². The van der Waals surface area contributed by atoms with E-state index in [0.29, 0.717) is 29.9 Å². The van der Waals surface area contributed by atoms with E-state index in [1.807, 2.05) is 0 Å². The summed E-state index contributed by atoms with van der Waals surface area (Å²) in [6, 6.07) is 6.20. The van der Waals surface area contributed by atoms with Crippen molar-refractivity contribution < 1.29 is 14.6 Å². The normalized spacial score (nSPS) is 11.0. The number of hydrogen-bond acceptors (Lipinski definition) is 4. The van der Waals surface area contributed by atoms with Gasteiger partial charge in [0.15, 0.2) is 5.58 Å². The molecule has 0 bridgehead atoms. The molecule has 22 heavy (non-hydrogen) atoms. The molecule has 0 unspecified atom stereocenters. The van der Waals surface area contributed by atoms with Crippen LogP contribution in [0.1, 0.15) is 0 Å². The average molecular weight is 491 g/mol. The molecule has 0 saturated carbocycles. The molecule has 1 heterocycles. The number of aromatic hydroxyl groups is 2. The number of fused-ring (bicyclic) bond motifs is 1. The molecule has 1 aromatic heterocycles. The summed E-state index contributed by atoms with van der Waals surface area (Å²) in [7, 11) is 0. The molecule has 2 N–H and O–H groups in total. The lowest BCUT2D eigenvalue weighted by Gasteiger charge is -2.07. The summed E-state index contributed by atoms with van der Waals surface area (Å²) in [4.78, 5) is 12.6. The summed E-state index contributed by atoms with van der Waals surface area (Å²) in [5.74, 6) is 0.0557. The second-order valence-electron chi connectivity index (χ2n) is 4.54. The van der Waals surface area contributed by atoms with Gasteiger partial charge in [-0.05, 0) is 77.6 Å². The highest BCUT2D eigenvalue weighted by molar-refractivity contribution is 9.11. The molecule has 3 aromatic rings. The minimum Gasteiger partial charge on any atom is -0.507 e. The van der Waals surface area contributed by atoms with Crippen LogP contribution < -0.4 is 5.43 Å². The van der Waals surface area contributed by atoms with Crippen LogP contribution in [0.4, 0.5) is 0 Å². The van der Waals surface area contributed by atoms with Gasteiger partial charge in [0, 0.05) is 0 Å². The van der Waals surface area contributed by atoms with E-state index in [0.717, 1.165) is 0 Å². The lowest BCUT2D eigenvalue weighted by atomic mass is 10.1. The Bertz CT molecular complexity index is 940. The molecule has 0 fully saturated rings. The van der Waals surface area contributed by atoms with Crippen LogP contribution in [-0.4, -0.2) is 10.2 Å². The van der Waals surface area contributed by atoms with E-state index in [4.69, 9.17) is 4.42 Å². The molecule has 7 heteroatoms. The number of rotatable bonds is 1. The first kappa shape index (κ1) is 15.6. The molecule has 0 aliphatic heterocycles. The maximum Gasteiger partial charge on any atom is 0.200 e. The smallest absolute Gasteiger partial charge is 0.200 e. The summed E-state index contributed by atoms with van der Waals surface area (Å²) in [6.45, 7) is 0. The second-order valence-corrected chi connectivity index (χ2v) is 7.04. The molecule has 4 nitrogen and oxygen atoms in total. The van der Waals surface area contributed by atoms with E-state index < -0.39 is 0 Å². The topological polar surface area (TPSA) is 70.7 Å². The van der Waals surface area contributed by atoms with Crippen LogP contribution in [0.15, 0.2) is 53.2 Å². The lowest BCUT2D eigenvalue weighted by molar-refractivity contribution is 0.468. The highest BCUT2D eigenvalue weighted by atomic mass is 79.9. The van der Waals surface area contributed by atoms with Gasteiger partial charge in [-0.25, -0.2) is 0 Å². The van der Waals surface area contributed by atoms with Gasteiger partial charge in [-0.1, -0.05) is 0 Å². The minimum atomic E-state index is -0.230. The van der Waals surface area contributed by atoms with Gasteiger partial charge in [0.05, 0.1) is 19.9 Å². The Balaban J connectivity index is 2.32. The molecular weight excluding hydrogens is 484 g/mol. The predicted molar refractivity (Wildman–Crippen MR) is 94.3 cm³/mol. The van der Waals surface area contributed by atoms with Crippen molar-refractivity contribution in [3.63, 3.8) is 0 Å². The molecule has 0 saturated heterocycles. The van der Waals surface area contributed by atoms with Gasteiger partial charge in [0.2, 0.25) is 5.43 Å². The molecule has 0 spiro atoms. The van der Waals surface area contributed by atoms with Gasteiger partial charge >= 0.3 is 0 Å². The van der Waals surface area contributed by atoms with Crippen LogP contribution >= 0.6 is 47.8 Å². The number of phenolic OH excluding ortho intramolecular Hbond substituents is 2. The average Bonchev–Trinajstić information content (AvgIpc) is 2.48. The number of benzene rings is 2. The van der Waals surface area contributed by atoms with E-state index in [-0.39, 0.29) is 22.5 Å². The monoisotopic (exact) mass is 488 g/mol. The van der Waals surface area contributed by atoms with Gasteiger partial charge in [-0.15, -0.1) is 0 Å². The fourth-order valence-corrected chi connectivity index (χ4v) is 3.70. The summed E-state index contributed by atoms with van der Waals surface area (Å²) in [6.07, 6.45) is 1.33. The third kappa shape index (κ3) is 2.47. The van der Waals surface area contributed by atoms with Crippen molar-refractivity contribution in [2.75, 3.05) is 0 Å². The molecule has 0 amide bonds. The molecule has 0 atom stereocenters. The van der Waals surface area contributed by atoms with E-state index in [1.165, 1.54) is 18.4 Å². The Kier molecular flexibility index (Phi) is 4.05. The summed E-state index contributed by atoms with van der Waals surface area (Å²) in [5, 5.41) is 19.8. The fourth-order valence-electron chi connectivity index (χ4n) is 2.08. The first-order chi connectivity index (χ1) is 10.4. The van der Waals surface area contributed by atoms with E-state index in [1.54, 1.807) is 12.1 Å². The lowest BCUT2D eigenvalue weighted by Crippen LogP contribution is -2.05. The highest BCUT2D eigenvalue weighted by Gasteiger charge is 2.15. The molecule has 0 aliphatic carbocycles. The molecule has 0 radical (unpaired) electrons. The zero-order chi connectivity index (χ0) is 16.0.